The lowest BCUT2D eigenvalue weighted by molar-refractivity contribution is 0.562. The van der Waals surface area contributed by atoms with Crippen molar-refractivity contribution < 1.29 is 12.8 Å². The quantitative estimate of drug-likeness (QED) is 0.657. The van der Waals surface area contributed by atoms with E-state index in [-0.39, 0.29) is 16.7 Å². The first kappa shape index (κ1) is 9.61. The van der Waals surface area contributed by atoms with Crippen LogP contribution in [0.1, 0.15) is 18.0 Å². The first-order valence-electron chi connectivity index (χ1n) is 4.28. The molecule has 1 atom stereocenters. The van der Waals surface area contributed by atoms with E-state index in [2.05, 4.69) is 0 Å². The molecule has 0 aromatic heterocycles. The predicted octanol–water partition coefficient (Wildman–Crippen LogP) is 1.00. The van der Waals surface area contributed by atoms with Crippen LogP contribution in [0.4, 0.5) is 4.39 Å². The molecule has 76 valence electrons. The molecule has 5 heteroatoms. The molecule has 0 bridgehead atoms. The molecule has 0 saturated heterocycles. The van der Waals surface area contributed by atoms with Crippen LogP contribution in [0.2, 0.25) is 0 Å². The first-order valence-corrected chi connectivity index (χ1v) is 5.94. The highest BCUT2D eigenvalue weighted by Gasteiger charge is 2.28. The van der Waals surface area contributed by atoms with Gasteiger partial charge in [-0.3, -0.25) is 0 Å². The molecular formula is C9H10FNO2S. The molecule has 0 aliphatic carbocycles. The number of halogens is 1. The van der Waals surface area contributed by atoms with Gasteiger partial charge >= 0.3 is 0 Å². The minimum atomic E-state index is -3.24. The van der Waals surface area contributed by atoms with Crippen LogP contribution in [-0.2, 0) is 9.84 Å². The van der Waals surface area contributed by atoms with Crippen molar-refractivity contribution in [2.24, 2.45) is 5.73 Å². The molecular weight excluding hydrogens is 205 g/mol. The van der Waals surface area contributed by atoms with Gasteiger partial charge in [0.2, 0.25) is 0 Å². The van der Waals surface area contributed by atoms with E-state index in [0.717, 1.165) is 6.07 Å². The molecule has 0 amide bonds. The highest BCUT2D eigenvalue weighted by atomic mass is 32.2. The summed E-state index contributed by atoms with van der Waals surface area (Å²) in [5.74, 6) is -0.399. The average molecular weight is 215 g/mol. The Balaban J connectivity index is 2.69. The lowest BCUT2D eigenvalue weighted by atomic mass is 10.1. The maximum absolute atomic E-state index is 12.9. The molecule has 3 nitrogen and oxygen atoms in total. The van der Waals surface area contributed by atoms with Gasteiger partial charge in [0.15, 0.2) is 9.84 Å². The number of hydrogen-bond acceptors (Lipinski definition) is 3. The fourth-order valence-electron chi connectivity index (χ4n) is 1.64. The Hall–Kier alpha value is -0.940. The van der Waals surface area contributed by atoms with Crippen LogP contribution in [0.25, 0.3) is 0 Å². The molecule has 1 aliphatic heterocycles. The number of benzene rings is 1. The van der Waals surface area contributed by atoms with Crippen molar-refractivity contribution in [1.29, 1.82) is 0 Å². The van der Waals surface area contributed by atoms with Crippen LogP contribution in [-0.4, -0.2) is 14.2 Å². The molecule has 1 aromatic carbocycles. The van der Waals surface area contributed by atoms with E-state index in [1.165, 1.54) is 12.1 Å². The molecule has 0 saturated carbocycles. The van der Waals surface area contributed by atoms with Gasteiger partial charge in [0.1, 0.15) is 5.82 Å². The van der Waals surface area contributed by atoms with Gasteiger partial charge in [-0.25, -0.2) is 12.8 Å². The van der Waals surface area contributed by atoms with Gasteiger partial charge in [0, 0.05) is 6.04 Å². The zero-order chi connectivity index (χ0) is 10.3. The Morgan fingerprint density at radius 2 is 2.14 bits per heavy atom. The second kappa shape index (κ2) is 3.03. The topological polar surface area (TPSA) is 60.2 Å². The normalized spacial score (nSPS) is 24.3. The van der Waals surface area contributed by atoms with Crippen molar-refractivity contribution >= 4 is 9.84 Å². The van der Waals surface area contributed by atoms with Crippen LogP contribution in [0.15, 0.2) is 23.1 Å². The number of sulfone groups is 1. The Kier molecular flexibility index (Phi) is 2.08. The third kappa shape index (κ3) is 1.42. The summed E-state index contributed by atoms with van der Waals surface area (Å²) >= 11 is 0. The molecule has 1 aliphatic rings. The predicted molar refractivity (Wildman–Crippen MR) is 50.0 cm³/mol. The Morgan fingerprint density at radius 3 is 2.86 bits per heavy atom. The van der Waals surface area contributed by atoms with E-state index in [0.29, 0.717) is 12.0 Å². The SMILES string of the molecule is NC1CCS(=O)(=O)c2ccc(F)cc21. The second-order valence-corrected chi connectivity index (χ2v) is 5.47. The zero-order valence-electron chi connectivity index (χ0n) is 7.40. The van der Waals surface area contributed by atoms with Gasteiger partial charge < -0.3 is 5.73 Å². The third-order valence-electron chi connectivity index (χ3n) is 2.40. The van der Waals surface area contributed by atoms with Crippen LogP contribution in [0.3, 0.4) is 0 Å². The Bertz CT molecular complexity index is 470. The molecule has 2 rings (SSSR count). The lowest BCUT2D eigenvalue weighted by Gasteiger charge is -2.21. The smallest absolute Gasteiger partial charge is 0.178 e. The first-order chi connectivity index (χ1) is 6.50. The van der Waals surface area contributed by atoms with Crippen LogP contribution >= 0.6 is 0 Å². The summed E-state index contributed by atoms with van der Waals surface area (Å²) in [7, 11) is -3.24. The molecule has 14 heavy (non-hydrogen) atoms. The summed E-state index contributed by atoms with van der Waals surface area (Å²) in [5.41, 5.74) is 6.10. The number of fused-ring (bicyclic) bond motifs is 1. The van der Waals surface area contributed by atoms with E-state index in [4.69, 9.17) is 5.73 Å². The molecule has 1 unspecified atom stereocenters. The number of hydrogen-bond donors (Lipinski definition) is 1. The van der Waals surface area contributed by atoms with Crippen molar-refractivity contribution in [2.45, 2.75) is 17.4 Å². The van der Waals surface area contributed by atoms with Gasteiger partial charge in [0.05, 0.1) is 10.6 Å². The average Bonchev–Trinajstić information content (AvgIpc) is 2.12. The lowest BCUT2D eigenvalue weighted by Crippen LogP contribution is -2.25. The van der Waals surface area contributed by atoms with E-state index in [9.17, 15) is 12.8 Å². The van der Waals surface area contributed by atoms with Gasteiger partial charge in [-0.2, -0.15) is 0 Å². The van der Waals surface area contributed by atoms with Crippen LogP contribution in [0, 0.1) is 5.82 Å². The van der Waals surface area contributed by atoms with Crippen molar-refractivity contribution in [1.82, 2.24) is 0 Å². The molecule has 0 fully saturated rings. The zero-order valence-corrected chi connectivity index (χ0v) is 8.22. The fraction of sp³-hybridized carbons (Fsp3) is 0.333. The van der Waals surface area contributed by atoms with Gasteiger partial charge in [0.25, 0.3) is 0 Å². The van der Waals surface area contributed by atoms with Crippen molar-refractivity contribution in [3.05, 3.63) is 29.6 Å². The van der Waals surface area contributed by atoms with Gasteiger partial charge in [-0.05, 0) is 30.2 Å². The molecule has 0 radical (unpaired) electrons. The van der Waals surface area contributed by atoms with Gasteiger partial charge in [-0.15, -0.1) is 0 Å². The monoisotopic (exact) mass is 215 g/mol. The van der Waals surface area contributed by atoms with Crippen molar-refractivity contribution in [3.63, 3.8) is 0 Å². The Labute approximate surface area is 81.7 Å². The summed E-state index contributed by atoms with van der Waals surface area (Å²) < 4.78 is 36.0. The van der Waals surface area contributed by atoms with E-state index in [1.807, 2.05) is 0 Å². The summed E-state index contributed by atoms with van der Waals surface area (Å²) in [4.78, 5) is 0.178. The summed E-state index contributed by atoms with van der Waals surface area (Å²) in [6.07, 6.45) is 0.360. The molecule has 1 aromatic rings. The molecule has 2 N–H and O–H groups in total. The summed E-state index contributed by atoms with van der Waals surface area (Å²) in [6.45, 7) is 0. The molecule has 1 heterocycles. The maximum Gasteiger partial charge on any atom is 0.178 e. The highest BCUT2D eigenvalue weighted by molar-refractivity contribution is 7.91. The second-order valence-electron chi connectivity index (χ2n) is 3.40. The van der Waals surface area contributed by atoms with E-state index < -0.39 is 15.7 Å². The maximum atomic E-state index is 12.9. The van der Waals surface area contributed by atoms with E-state index >= 15 is 0 Å². The van der Waals surface area contributed by atoms with Gasteiger partial charge in [-0.1, -0.05) is 0 Å². The van der Waals surface area contributed by atoms with Crippen molar-refractivity contribution in [2.75, 3.05) is 5.75 Å². The fourth-order valence-corrected chi connectivity index (χ4v) is 3.27. The van der Waals surface area contributed by atoms with Crippen LogP contribution in [0.5, 0.6) is 0 Å². The summed E-state index contributed by atoms with van der Waals surface area (Å²) in [6, 6.07) is 3.27. The third-order valence-corrected chi connectivity index (χ3v) is 4.22. The minimum Gasteiger partial charge on any atom is -0.324 e. The molecule has 0 spiro atoms. The standard InChI is InChI=1S/C9H10FNO2S/c10-6-1-2-9-7(5-6)8(11)3-4-14(9,12)13/h1-2,5,8H,3-4,11H2. The highest BCUT2D eigenvalue weighted by Crippen LogP contribution is 2.30. The summed E-state index contributed by atoms with van der Waals surface area (Å²) in [5, 5.41) is 0. The number of rotatable bonds is 0. The van der Waals surface area contributed by atoms with Crippen molar-refractivity contribution in [3.8, 4) is 0 Å². The number of nitrogens with two attached hydrogens (primary N) is 1. The Morgan fingerprint density at radius 1 is 1.43 bits per heavy atom. The largest absolute Gasteiger partial charge is 0.324 e. The minimum absolute atomic E-state index is 0.0484. The van der Waals surface area contributed by atoms with Crippen LogP contribution < -0.4 is 5.73 Å². The van der Waals surface area contributed by atoms with E-state index in [1.54, 1.807) is 0 Å².